The number of hydrogen-bond donors (Lipinski definition) is 1. The summed E-state index contributed by atoms with van der Waals surface area (Å²) in [7, 11) is 1.64. The number of nitrogens with zero attached hydrogens (tertiary/aromatic N) is 3. The van der Waals surface area contributed by atoms with Crippen LogP contribution in [0, 0.1) is 0 Å². The van der Waals surface area contributed by atoms with Crippen LogP contribution in [0.3, 0.4) is 0 Å². The van der Waals surface area contributed by atoms with Crippen molar-refractivity contribution in [3.63, 3.8) is 0 Å². The summed E-state index contributed by atoms with van der Waals surface area (Å²) in [5, 5.41) is 8.97. The van der Waals surface area contributed by atoms with Gasteiger partial charge in [0.15, 0.2) is 5.65 Å². The van der Waals surface area contributed by atoms with Crippen molar-refractivity contribution in [2.24, 2.45) is 0 Å². The molecule has 0 fully saturated rings. The molecule has 0 unspecified atom stereocenters. The third-order valence-electron chi connectivity index (χ3n) is 5.60. The highest BCUT2D eigenvalue weighted by Gasteiger charge is 2.20. The lowest BCUT2D eigenvalue weighted by atomic mass is 10.1. The minimum atomic E-state index is -0.432. The average Bonchev–Trinajstić information content (AvgIpc) is 3.28. The molecular weight excluding hydrogens is 487 g/mol. The van der Waals surface area contributed by atoms with Gasteiger partial charge in [-0.15, -0.1) is 11.6 Å². The van der Waals surface area contributed by atoms with Gasteiger partial charge in [-0.2, -0.15) is 5.10 Å². The molecule has 0 spiro atoms. The van der Waals surface area contributed by atoms with E-state index in [9.17, 15) is 4.79 Å². The van der Waals surface area contributed by atoms with Crippen LogP contribution in [-0.2, 0) is 17.7 Å². The zero-order chi connectivity index (χ0) is 24.8. The van der Waals surface area contributed by atoms with Crippen molar-refractivity contribution in [1.82, 2.24) is 14.8 Å². The topological polar surface area (TPSA) is 78.3 Å². The zero-order valence-electron chi connectivity index (χ0n) is 19.5. The van der Waals surface area contributed by atoms with Crippen LogP contribution in [0.1, 0.15) is 33.8 Å². The van der Waals surface area contributed by atoms with Crippen molar-refractivity contribution >= 4 is 45.9 Å². The number of nitrogens with one attached hydrogen (secondary N) is 1. The van der Waals surface area contributed by atoms with Crippen LogP contribution in [-0.4, -0.2) is 41.0 Å². The van der Waals surface area contributed by atoms with Gasteiger partial charge in [-0.25, -0.2) is 14.5 Å². The summed E-state index contributed by atoms with van der Waals surface area (Å²) in [5.74, 6) is 0.378. The lowest BCUT2D eigenvalue weighted by Crippen LogP contribution is -2.13. The molecule has 1 atom stereocenters. The molecule has 0 aliphatic carbocycles. The first kappa shape index (κ1) is 24.8. The molecule has 1 N–H and O–H groups in total. The highest BCUT2D eigenvalue weighted by atomic mass is 35.5. The van der Waals surface area contributed by atoms with Crippen molar-refractivity contribution in [3.8, 4) is 5.75 Å². The van der Waals surface area contributed by atoms with Gasteiger partial charge in [-0.1, -0.05) is 35.9 Å². The maximum absolute atomic E-state index is 12.6. The molecule has 7 nitrogen and oxygen atoms in total. The molecule has 2 heterocycles. The van der Waals surface area contributed by atoms with E-state index in [1.165, 1.54) is 6.20 Å². The largest absolute Gasteiger partial charge is 0.497 e. The Bertz CT molecular complexity index is 1290. The number of benzene rings is 2. The van der Waals surface area contributed by atoms with Crippen LogP contribution < -0.4 is 10.1 Å². The Labute approximate surface area is 214 Å². The van der Waals surface area contributed by atoms with Gasteiger partial charge in [0.1, 0.15) is 11.3 Å². The van der Waals surface area contributed by atoms with Gasteiger partial charge in [0.25, 0.3) is 0 Å². The molecule has 0 radical (unpaired) electrons. The predicted octanol–water partition coefficient (Wildman–Crippen LogP) is 5.90. The van der Waals surface area contributed by atoms with Crippen molar-refractivity contribution in [3.05, 3.63) is 82.6 Å². The monoisotopic (exact) mass is 512 g/mol. The van der Waals surface area contributed by atoms with Crippen LogP contribution in [0.15, 0.2) is 60.9 Å². The number of rotatable bonds is 10. The SMILES string of the molecule is CCOC(=O)c1cnc2c(cnn2C[C@@H](Cl)c2ccc(Cl)cc2)c1NCCc1ccc(OC)cc1. The molecule has 182 valence electrons. The summed E-state index contributed by atoms with van der Waals surface area (Å²) < 4.78 is 12.2. The first-order chi connectivity index (χ1) is 17.0. The molecule has 2 aromatic carbocycles. The second kappa shape index (κ2) is 11.4. The molecule has 0 saturated heterocycles. The maximum Gasteiger partial charge on any atom is 0.341 e. The Kier molecular flexibility index (Phi) is 8.10. The summed E-state index contributed by atoms with van der Waals surface area (Å²) in [6, 6.07) is 15.3. The summed E-state index contributed by atoms with van der Waals surface area (Å²) in [4.78, 5) is 17.2. The highest BCUT2D eigenvalue weighted by molar-refractivity contribution is 6.30. The van der Waals surface area contributed by atoms with Crippen LogP contribution in [0.4, 0.5) is 5.69 Å². The van der Waals surface area contributed by atoms with Crippen molar-refractivity contribution in [2.75, 3.05) is 25.6 Å². The molecule has 9 heteroatoms. The molecule has 2 aromatic heterocycles. The number of halogens is 2. The standard InChI is InChI=1S/C26H26Cl2N4O3/c1-3-35-26(33)22-14-30-25-21(24(22)29-13-12-17-4-10-20(34-2)11-5-17)15-31-32(25)16-23(28)18-6-8-19(27)9-7-18/h4-11,14-15,23H,3,12-13,16H2,1-2H3,(H,29,30)/t23-/m1/s1. The van der Waals surface area contributed by atoms with Crippen molar-refractivity contribution < 1.29 is 14.3 Å². The Morgan fingerprint density at radius 1 is 1.11 bits per heavy atom. The zero-order valence-corrected chi connectivity index (χ0v) is 21.0. The van der Waals surface area contributed by atoms with E-state index in [0.717, 1.165) is 28.7 Å². The Balaban J connectivity index is 1.58. The van der Waals surface area contributed by atoms with E-state index in [1.54, 1.807) is 24.9 Å². The number of hydrogen-bond acceptors (Lipinski definition) is 6. The van der Waals surface area contributed by atoms with Crippen LogP contribution in [0.2, 0.25) is 5.02 Å². The van der Waals surface area contributed by atoms with Crippen LogP contribution in [0.5, 0.6) is 5.75 Å². The second-order valence-electron chi connectivity index (χ2n) is 7.88. The van der Waals surface area contributed by atoms with Crippen LogP contribution >= 0.6 is 23.2 Å². The first-order valence-electron chi connectivity index (χ1n) is 11.3. The third kappa shape index (κ3) is 5.86. The number of carbonyl (C=O) groups excluding carboxylic acids is 1. The molecule has 0 amide bonds. The Morgan fingerprint density at radius 3 is 2.54 bits per heavy atom. The van der Waals surface area contributed by atoms with E-state index < -0.39 is 5.97 Å². The maximum atomic E-state index is 12.6. The molecule has 4 aromatic rings. The fraction of sp³-hybridized carbons (Fsp3) is 0.269. The Hall–Kier alpha value is -3.29. The number of fused-ring (bicyclic) bond motifs is 1. The predicted molar refractivity (Wildman–Crippen MR) is 139 cm³/mol. The minimum Gasteiger partial charge on any atom is -0.497 e. The molecule has 0 bridgehead atoms. The van der Waals surface area contributed by atoms with Gasteiger partial charge < -0.3 is 14.8 Å². The molecule has 0 saturated carbocycles. The van der Waals surface area contributed by atoms with E-state index in [-0.39, 0.29) is 12.0 Å². The smallest absolute Gasteiger partial charge is 0.341 e. The van der Waals surface area contributed by atoms with E-state index >= 15 is 0 Å². The van der Waals surface area contributed by atoms with Gasteiger partial charge in [0.2, 0.25) is 0 Å². The third-order valence-corrected chi connectivity index (χ3v) is 6.24. The van der Waals surface area contributed by atoms with Crippen LogP contribution in [0.25, 0.3) is 11.0 Å². The number of carbonyl (C=O) groups is 1. The van der Waals surface area contributed by atoms with E-state index in [2.05, 4.69) is 15.4 Å². The van der Waals surface area contributed by atoms with E-state index in [1.807, 2.05) is 48.5 Å². The fourth-order valence-corrected chi connectivity index (χ4v) is 4.17. The number of esters is 1. The summed E-state index contributed by atoms with van der Waals surface area (Å²) in [6.07, 6.45) is 3.98. The average molecular weight is 513 g/mol. The first-order valence-corrected chi connectivity index (χ1v) is 12.1. The summed E-state index contributed by atoms with van der Waals surface area (Å²) in [6.45, 7) is 3.06. The molecule has 4 rings (SSSR count). The number of alkyl halides is 1. The molecular formula is C26H26Cl2N4O3. The van der Waals surface area contributed by atoms with Gasteiger partial charge in [0.05, 0.1) is 42.9 Å². The summed E-state index contributed by atoms with van der Waals surface area (Å²) >= 11 is 12.6. The number of ether oxygens (including phenoxy) is 2. The number of anilines is 1. The van der Waals surface area contributed by atoms with Crippen molar-refractivity contribution in [2.45, 2.75) is 25.3 Å². The normalized spacial score (nSPS) is 11.9. The number of aromatic nitrogens is 3. The number of methoxy groups -OCH3 is 1. The second-order valence-corrected chi connectivity index (χ2v) is 8.84. The molecule has 0 aliphatic heterocycles. The van der Waals surface area contributed by atoms with Gasteiger partial charge in [-0.3, -0.25) is 0 Å². The lowest BCUT2D eigenvalue weighted by Gasteiger charge is -2.14. The molecule has 0 aliphatic rings. The summed E-state index contributed by atoms with van der Waals surface area (Å²) in [5.41, 5.74) is 3.72. The van der Waals surface area contributed by atoms with Crippen molar-refractivity contribution in [1.29, 1.82) is 0 Å². The fourth-order valence-electron chi connectivity index (χ4n) is 3.77. The van der Waals surface area contributed by atoms with Gasteiger partial charge >= 0.3 is 5.97 Å². The van der Waals surface area contributed by atoms with E-state index in [4.69, 9.17) is 32.7 Å². The number of pyridine rings is 1. The Morgan fingerprint density at radius 2 is 1.86 bits per heavy atom. The lowest BCUT2D eigenvalue weighted by molar-refractivity contribution is 0.0527. The quantitative estimate of drug-likeness (QED) is 0.210. The highest BCUT2D eigenvalue weighted by Crippen LogP contribution is 2.30. The van der Waals surface area contributed by atoms with Gasteiger partial charge in [-0.05, 0) is 48.7 Å². The minimum absolute atomic E-state index is 0.274. The van der Waals surface area contributed by atoms with Gasteiger partial charge in [0, 0.05) is 17.8 Å². The van der Waals surface area contributed by atoms with E-state index in [0.29, 0.717) is 35.0 Å². The molecule has 35 heavy (non-hydrogen) atoms.